The Kier molecular flexibility index (Phi) is 5.99. The first-order valence-electron chi connectivity index (χ1n) is 10.0. The van der Waals surface area contributed by atoms with Gasteiger partial charge in [-0.3, -0.25) is 9.59 Å². The van der Waals surface area contributed by atoms with Gasteiger partial charge in [0.15, 0.2) is 0 Å². The van der Waals surface area contributed by atoms with Crippen molar-refractivity contribution in [1.82, 2.24) is 4.90 Å². The molecule has 2 aliphatic rings. The van der Waals surface area contributed by atoms with Gasteiger partial charge < -0.3 is 14.5 Å². The fraction of sp³-hybridized carbons (Fsp3) is 0.261. The number of para-hydroxylation sites is 3. The lowest BCUT2D eigenvalue weighted by atomic mass is 10.1. The SMILES string of the molecule is CCN(C(=O)CN1C(=O)N(c2ccccc2OC)C(=O)C2SC=CC21)c1ccccc1. The number of benzene rings is 2. The maximum atomic E-state index is 13.5. The second-order valence-corrected chi connectivity index (χ2v) is 8.16. The first-order chi connectivity index (χ1) is 15.1. The van der Waals surface area contributed by atoms with Crippen LogP contribution in [0.25, 0.3) is 0 Å². The van der Waals surface area contributed by atoms with Crippen molar-refractivity contribution in [3.8, 4) is 5.75 Å². The van der Waals surface area contributed by atoms with E-state index in [0.29, 0.717) is 18.0 Å². The van der Waals surface area contributed by atoms with Gasteiger partial charge in [0, 0.05) is 12.2 Å². The maximum absolute atomic E-state index is 13.5. The summed E-state index contributed by atoms with van der Waals surface area (Å²) < 4.78 is 5.37. The molecule has 0 bridgehead atoms. The summed E-state index contributed by atoms with van der Waals surface area (Å²) in [6.45, 7) is 2.23. The molecule has 0 aromatic heterocycles. The van der Waals surface area contributed by atoms with E-state index in [1.54, 1.807) is 29.2 Å². The van der Waals surface area contributed by atoms with Crippen LogP contribution < -0.4 is 14.5 Å². The number of amides is 4. The maximum Gasteiger partial charge on any atom is 0.332 e. The van der Waals surface area contributed by atoms with E-state index in [1.807, 2.05) is 48.7 Å². The van der Waals surface area contributed by atoms with Crippen molar-refractivity contribution >= 4 is 41.0 Å². The van der Waals surface area contributed by atoms with E-state index in [1.165, 1.54) is 23.8 Å². The van der Waals surface area contributed by atoms with Crippen molar-refractivity contribution in [3.05, 3.63) is 66.1 Å². The highest BCUT2D eigenvalue weighted by molar-refractivity contribution is 8.03. The van der Waals surface area contributed by atoms with E-state index < -0.39 is 17.3 Å². The number of hydrogen-bond acceptors (Lipinski definition) is 5. The summed E-state index contributed by atoms with van der Waals surface area (Å²) in [5.41, 5.74) is 1.14. The minimum absolute atomic E-state index is 0.132. The molecule has 0 aliphatic carbocycles. The lowest BCUT2D eigenvalue weighted by Gasteiger charge is -2.41. The molecule has 0 N–H and O–H groups in total. The first-order valence-corrected chi connectivity index (χ1v) is 11.0. The molecule has 2 aromatic rings. The molecule has 2 heterocycles. The fourth-order valence-corrected chi connectivity index (χ4v) is 4.93. The van der Waals surface area contributed by atoms with Crippen molar-refractivity contribution in [2.75, 3.05) is 30.0 Å². The summed E-state index contributed by atoms with van der Waals surface area (Å²) in [6, 6.07) is 15.2. The quantitative estimate of drug-likeness (QED) is 0.692. The van der Waals surface area contributed by atoms with E-state index in [-0.39, 0.29) is 18.4 Å². The molecule has 2 aromatic carbocycles. The Hall–Kier alpha value is -3.26. The van der Waals surface area contributed by atoms with Crippen molar-refractivity contribution in [1.29, 1.82) is 0 Å². The van der Waals surface area contributed by atoms with Crippen LogP contribution in [-0.2, 0) is 9.59 Å². The zero-order chi connectivity index (χ0) is 22.0. The Morgan fingerprint density at radius 2 is 1.81 bits per heavy atom. The molecule has 31 heavy (non-hydrogen) atoms. The van der Waals surface area contributed by atoms with Crippen molar-refractivity contribution in [2.45, 2.75) is 18.2 Å². The number of rotatable bonds is 6. The zero-order valence-corrected chi connectivity index (χ0v) is 18.1. The highest BCUT2D eigenvalue weighted by Gasteiger charge is 2.49. The van der Waals surface area contributed by atoms with E-state index in [0.717, 1.165) is 10.6 Å². The Morgan fingerprint density at radius 1 is 1.10 bits per heavy atom. The Morgan fingerprint density at radius 3 is 2.52 bits per heavy atom. The number of anilines is 2. The number of carbonyl (C=O) groups excluding carboxylic acids is 3. The van der Waals surface area contributed by atoms with Crippen LogP contribution in [0, 0.1) is 0 Å². The van der Waals surface area contributed by atoms with E-state index in [2.05, 4.69) is 0 Å². The van der Waals surface area contributed by atoms with Gasteiger partial charge in [-0.2, -0.15) is 0 Å². The smallest absolute Gasteiger partial charge is 0.332 e. The normalized spacial score (nSPS) is 20.1. The van der Waals surface area contributed by atoms with Crippen LogP contribution in [0.5, 0.6) is 5.75 Å². The van der Waals surface area contributed by atoms with Gasteiger partial charge in [0.25, 0.3) is 5.91 Å². The lowest BCUT2D eigenvalue weighted by molar-refractivity contribution is -0.122. The fourth-order valence-electron chi connectivity index (χ4n) is 3.89. The third-order valence-corrected chi connectivity index (χ3v) is 6.48. The Labute approximate surface area is 185 Å². The molecule has 0 radical (unpaired) electrons. The number of likely N-dealkylation sites (N-methyl/N-ethyl adjacent to an activating group) is 1. The van der Waals surface area contributed by atoms with Crippen molar-refractivity contribution < 1.29 is 19.1 Å². The number of imide groups is 1. The summed E-state index contributed by atoms with van der Waals surface area (Å²) in [7, 11) is 1.49. The van der Waals surface area contributed by atoms with Gasteiger partial charge >= 0.3 is 6.03 Å². The van der Waals surface area contributed by atoms with E-state index in [9.17, 15) is 14.4 Å². The molecule has 4 amide bonds. The molecule has 4 rings (SSSR count). The average Bonchev–Trinajstić information content (AvgIpc) is 3.28. The second-order valence-electron chi connectivity index (χ2n) is 7.11. The third kappa shape index (κ3) is 3.79. The minimum Gasteiger partial charge on any atom is -0.495 e. The number of carbonyl (C=O) groups is 3. The summed E-state index contributed by atoms with van der Waals surface area (Å²) >= 11 is 1.36. The summed E-state index contributed by atoms with van der Waals surface area (Å²) in [6.07, 6.45) is 1.82. The number of fused-ring (bicyclic) bond motifs is 1. The topological polar surface area (TPSA) is 70.2 Å². The molecule has 0 saturated carbocycles. The molecule has 2 unspecified atom stereocenters. The van der Waals surface area contributed by atoms with Gasteiger partial charge in [-0.25, -0.2) is 9.69 Å². The second kappa shape index (κ2) is 8.85. The Bertz CT molecular complexity index is 1030. The number of thioether (sulfide) groups is 1. The molecular weight excluding hydrogens is 414 g/mol. The summed E-state index contributed by atoms with van der Waals surface area (Å²) in [5.74, 6) is -0.0987. The average molecular weight is 438 g/mol. The Balaban J connectivity index is 1.66. The predicted molar refractivity (Wildman–Crippen MR) is 121 cm³/mol. The van der Waals surface area contributed by atoms with Gasteiger partial charge in [-0.1, -0.05) is 36.4 Å². The number of nitrogens with zero attached hydrogens (tertiary/aromatic N) is 3. The molecule has 2 atom stereocenters. The predicted octanol–water partition coefficient (Wildman–Crippen LogP) is 3.51. The molecule has 1 fully saturated rings. The molecule has 2 aliphatic heterocycles. The van der Waals surface area contributed by atoms with Crippen LogP contribution in [0.1, 0.15) is 6.92 Å². The number of ether oxygens (including phenoxy) is 1. The van der Waals surface area contributed by atoms with Crippen molar-refractivity contribution in [3.63, 3.8) is 0 Å². The van der Waals surface area contributed by atoms with E-state index in [4.69, 9.17) is 4.74 Å². The molecule has 7 nitrogen and oxygen atoms in total. The first kappa shape index (κ1) is 21.0. The monoisotopic (exact) mass is 437 g/mol. The number of hydrogen-bond donors (Lipinski definition) is 0. The van der Waals surface area contributed by atoms with Crippen LogP contribution in [0.2, 0.25) is 0 Å². The molecule has 8 heteroatoms. The van der Waals surface area contributed by atoms with Gasteiger partial charge in [0.2, 0.25) is 5.91 Å². The van der Waals surface area contributed by atoms with Gasteiger partial charge in [0.1, 0.15) is 17.5 Å². The van der Waals surface area contributed by atoms with Gasteiger partial charge in [0.05, 0.1) is 18.8 Å². The van der Waals surface area contributed by atoms with Crippen molar-refractivity contribution in [2.24, 2.45) is 0 Å². The highest BCUT2D eigenvalue weighted by Crippen LogP contribution is 2.39. The van der Waals surface area contributed by atoms with Gasteiger partial charge in [-0.15, -0.1) is 11.8 Å². The molecule has 160 valence electrons. The minimum atomic E-state index is -0.527. The zero-order valence-electron chi connectivity index (χ0n) is 17.3. The molecule has 0 spiro atoms. The van der Waals surface area contributed by atoms with Crippen LogP contribution in [0.15, 0.2) is 66.1 Å². The standard InChI is InChI=1S/C23H23N3O4S/c1-3-24(16-9-5-4-6-10-16)20(27)15-25-18-13-14-31-21(18)22(28)26(23(25)29)17-11-7-8-12-19(17)30-2/h4-14,18,21H,3,15H2,1-2H3. The van der Waals surface area contributed by atoms with Crippen LogP contribution in [-0.4, -0.2) is 54.2 Å². The molecule has 1 saturated heterocycles. The van der Waals surface area contributed by atoms with Crippen LogP contribution >= 0.6 is 11.8 Å². The molecular formula is C23H23N3O4S. The van der Waals surface area contributed by atoms with Gasteiger partial charge in [-0.05, 0) is 36.6 Å². The largest absolute Gasteiger partial charge is 0.495 e. The van der Waals surface area contributed by atoms with Crippen LogP contribution in [0.3, 0.4) is 0 Å². The van der Waals surface area contributed by atoms with Crippen LogP contribution in [0.4, 0.5) is 16.2 Å². The van der Waals surface area contributed by atoms with E-state index >= 15 is 0 Å². The number of methoxy groups -OCH3 is 1. The number of urea groups is 1. The lowest BCUT2D eigenvalue weighted by Crippen LogP contribution is -2.63. The summed E-state index contributed by atoms with van der Waals surface area (Å²) in [5, 5.41) is 1.32. The third-order valence-electron chi connectivity index (χ3n) is 5.39. The highest BCUT2D eigenvalue weighted by atomic mass is 32.2. The summed E-state index contributed by atoms with van der Waals surface area (Å²) in [4.78, 5) is 44.1.